The van der Waals surface area contributed by atoms with E-state index in [1.165, 1.54) is 12.3 Å². The van der Waals surface area contributed by atoms with Crippen LogP contribution >= 0.6 is 0 Å². The summed E-state index contributed by atoms with van der Waals surface area (Å²) in [6.07, 6.45) is -3.20. The van der Waals surface area contributed by atoms with Crippen LogP contribution in [0.5, 0.6) is 0 Å². The van der Waals surface area contributed by atoms with Gasteiger partial charge in [0.1, 0.15) is 17.4 Å². The van der Waals surface area contributed by atoms with E-state index in [1.54, 1.807) is 0 Å². The molecule has 2 heterocycles. The van der Waals surface area contributed by atoms with Crippen LogP contribution in [0.1, 0.15) is 11.3 Å². The molecule has 2 aromatic rings. The normalized spacial score (nSPS) is 11.6. The summed E-state index contributed by atoms with van der Waals surface area (Å²) < 4.78 is 36.9. The maximum atomic E-state index is 12.3. The Morgan fingerprint density at radius 1 is 1.33 bits per heavy atom. The minimum atomic E-state index is -4.42. The lowest BCUT2D eigenvalue weighted by atomic mass is 10.2. The molecule has 0 saturated heterocycles. The third kappa shape index (κ3) is 1.64. The van der Waals surface area contributed by atoms with Crippen LogP contribution in [-0.4, -0.2) is 9.97 Å². The average Bonchev–Trinajstić information content (AvgIpc) is 2.59. The average molecular weight is 211 g/mol. The first-order valence-corrected chi connectivity index (χ1v) is 3.97. The smallest absolute Gasteiger partial charge is 0.336 e. The van der Waals surface area contributed by atoms with Gasteiger partial charge in [-0.2, -0.15) is 18.4 Å². The zero-order valence-electron chi connectivity index (χ0n) is 7.26. The molecule has 0 fully saturated rings. The van der Waals surface area contributed by atoms with Crippen molar-refractivity contribution in [3.63, 3.8) is 0 Å². The summed E-state index contributed by atoms with van der Waals surface area (Å²) in [5, 5.41) is 8.82. The molecule has 76 valence electrons. The number of H-pyrrole nitrogens is 1. The Bertz CT molecular complexity index is 548. The number of nitriles is 1. The van der Waals surface area contributed by atoms with Gasteiger partial charge in [0, 0.05) is 11.6 Å². The van der Waals surface area contributed by atoms with Crippen LogP contribution in [-0.2, 0) is 6.18 Å². The van der Waals surface area contributed by atoms with Gasteiger partial charge in [-0.15, -0.1) is 0 Å². The van der Waals surface area contributed by atoms with Gasteiger partial charge in [0.15, 0.2) is 0 Å². The minimum absolute atomic E-state index is 0.126. The molecule has 0 atom stereocenters. The van der Waals surface area contributed by atoms with Crippen molar-refractivity contribution in [1.82, 2.24) is 9.97 Å². The molecule has 0 amide bonds. The summed E-state index contributed by atoms with van der Waals surface area (Å²) in [5.74, 6) is 0. The van der Waals surface area contributed by atoms with Gasteiger partial charge in [0.2, 0.25) is 0 Å². The molecule has 0 bridgehead atoms. The lowest BCUT2D eigenvalue weighted by Crippen LogP contribution is -2.04. The molecule has 1 N–H and O–H groups in total. The Balaban J connectivity index is 2.62. The predicted octanol–water partition coefficient (Wildman–Crippen LogP) is 2.45. The largest absolute Gasteiger partial charge is 0.431 e. The topological polar surface area (TPSA) is 52.5 Å². The Morgan fingerprint density at radius 3 is 2.67 bits per heavy atom. The monoisotopic (exact) mass is 211 g/mol. The van der Waals surface area contributed by atoms with Crippen molar-refractivity contribution in [2.75, 3.05) is 0 Å². The van der Waals surface area contributed by atoms with Gasteiger partial charge in [-0.1, -0.05) is 0 Å². The number of aromatic nitrogens is 2. The number of aromatic amines is 1. The van der Waals surface area contributed by atoms with Crippen LogP contribution in [0, 0.1) is 11.3 Å². The molecule has 0 unspecified atom stereocenters. The maximum absolute atomic E-state index is 12.3. The van der Waals surface area contributed by atoms with Crippen LogP contribution in [0.15, 0.2) is 18.3 Å². The van der Waals surface area contributed by atoms with Crippen LogP contribution in [0.4, 0.5) is 13.2 Å². The summed E-state index contributed by atoms with van der Waals surface area (Å²) in [4.78, 5) is 5.85. The van der Waals surface area contributed by atoms with Crippen molar-refractivity contribution in [2.24, 2.45) is 0 Å². The molecule has 3 nitrogen and oxygen atoms in total. The van der Waals surface area contributed by atoms with E-state index in [0.29, 0.717) is 0 Å². The lowest BCUT2D eigenvalue weighted by Gasteiger charge is -2.00. The summed E-state index contributed by atoms with van der Waals surface area (Å²) in [5.41, 5.74) is -0.503. The van der Waals surface area contributed by atoms with Crippen molar-refractivity contribution in [3.05, 3.63) is 29.6 Å². The summed E-state index contributed by atoms with van der Waals surface area (Å²) >= 11 is 0. The quantitative estimate of drug-likeness (QED) is 0.727. The van der Waals surface area contributed by atoms with E-state index in [1.807, 2.05) is 6.07 Å². The van der Waals surface area contributed by atoms with Gasteiger partial charge in [-0.25, -0.2) is 4.98 Å². The zero-order valence-corrected chi connectivity index (χ0v) is 7.26. The first-order chi connectivity index (χ1) is 7.00. The molecule has 0 aliphatic rings. The summed E-state index contributed by atoms with van der Waals surface area (Å²) in [6.45, 7) is 0. The maximum Gasteiger partial charge on any atom is 0.431 e. The van der Waals surface area contributed by atoms with Crippen molar-refractivity contribution >= 4 is 11.0 Å². The van der Waals surface area contributed by atoms with Gasteiger partial charge in [-0.3, -0.25) is 0 Å². The van der Waals surface area contributed by atoms with Crippen LogP contribution < -0.4 is 0 Å². The highest BCUT2D eigenvalue weighted by Crippen LogP contribution is 2.30. The number of alkyl halides is 3. The second-order valence-electron chi connectivity index (χ2n) is 2.95. The van der Waals surface area contributed by atoms with Crippen LogP contribution in [0.25, 0.3) is 11.0 Å². The molecule has 6 heteroatoms. The van der Waals surface area contributed by atoms with E-state index in [2.05, 4.69) is 9.97 Å². The molecule has 0 aliphatic carbocycles. The summed E-state index contributed by atoms with van der Waals surface area (Å²) in [6, 6.07) is 4.10. The highest BCUT2D eigenvalue weighted by Gasteiger charge is 2.32. The number of nitrogens with one attached hydrogen (secondary N) is 1. The highest BCUT2D eigenvalue weighted by atomic mass is 19.4. The Morgan fingerprint density at radius 2 is 2.07 bits per heavy atom. The number of fused-ring (bicyclic) bond motifs is 1. The third-order valence-electron chi connectivity index (χ3n) is 1.90. The molecule has 2 aromatic heterocycles. The minimum Gasteiger partial charge on any atom is -0.336 e. The third-order valence-corrected chi connectivity index (χ3v) is 1.90. The molecule has 2 rings (SSSR count). The second kappa shape index (κ2) is 2.98. The molecule has 0 aliphatic heterocycles. The highest BCUT2D eigenvalue weighted by molar-refractivity contribution is 5.77. The molecule has 0 saturated carbocycles. The van der Waals surface area contributed by atoms with Gasteiger partial charge in [-0.05, 0) is 12.1 Å². The number of pyridine rings is 1. The molecular formula is C9H4F3N3. The van der Waals surface area contributed by atoms with Gasteiger partial charge >= 0.3 is 6.18 Å². The standard InChI is InChI=1S/C9H4F3N3/c10-9(11,12)7-2-6-1-5(3-13)4-14-8(6)15-7/h1-2,4H,(H,14,15). The predicted molar refractivity (Wildman–Crippen MR) is 45.8 cm³/mol. The number of rotatable bonds is 0. The lowest BCUT2D eigenvalue weighted by molar-refractivity contribution is -0.140. The van der Waals surface area contributed by atoms with Crippen LogP contribution in [0.2, 0.25) is 0 Å². The summed E-state index contributed by atoms with van der Waals surface area (Å²) in [7, 11) is 0. The van der Waals surface area contributed by atoms with E-state index < -0.39 is 11.9 Å². The number of hydrogen-bond donors (Lipinski definition) is 1. The van der Waals surface area contributed by atoms with Gasteiger partial charge in [0.05, 0.1) is 5.56 Å². The van der Waals surface area contributed by atoms with E-state index in [9.17, 15) is 13.2 Å². The van der Waals surface area contributed by atoms with Gasteiger partial charge in [0.25, 0.3) is 0 Å². The van der Waals surface area contributed by atoms with Crippen molar-refractivity contribution in [3.8, 4) is 6.07 Å². The van der Waals surface area contributed by atoms with Crippen LogP contribution in [0.3, 0.4) is 0 Å². The first-order valence-electron chi connectivity index (χ1n) is 3.97. The van der Waals surface area contributed by atoms with E-state index in [4.69, 9.17) is 5.26 Å². The first kappa shape index (κ1) is 9.52. The number of nitrogens with zero attached hydrogens (tertiary/aromatic N) is 2. The Labute approximate surface area is 82.2 Å². The second-order valence-corrected chi connectivity index (χ2v) is 2.95. The molecule has 0 spiro atoms. The number of hydrogen-bond acceptors (Lipinski definition) is 2. The van der Waals surface area contributed by atoms with Crippen molar-refractivity contribution in [2.45, 2.75) is 6.18 Å². The SMILES string of the molecule is N#Cc1cnc2[nH]c(C(F)(F)F)cc2c1. The van der Waals surface area contributed by atoms with E-state index in [0.717, 1.165) is 6.07 Å². The van der Waals surface area contributed by atoms with E-state index in [-0.39, 0.29) is 16.6 Å². The molecular weight excluding hydrogens is 207 g/mol. The van der Waals surface area contributed by atoms with Crippen molar-refractivity contribution in [1.29, 1.82) is 5.26 Å². The molecule has 15 heavy (non-hydrogen) atoms. The fourth-order valence-corrected chi connectivity index (χ4v) is 1.23. The molecule has 0 radical (unpaired) electrons. The fraction of sp³-hybridized carbons (Fsp3) is 0.111. The molecule has 0 aromatic carbocycles. The van der Waals surface area contributed by atoms with Gasteiger partial charge < -0.3 is 4.98 Å². The zero-order chi connectivity index (χ0) is 11.1. The van der Waals surface area contributed by atoms with Crippen molar-refractivity contribution < 1.29 is 13.2 Å². The fourth-order valence-electron chi connectivity index (χ4n) is 1.23. The number of halogens is 3. The van der Waals surface area contributed by atoms with E-state index >= 15 is 0 Å². The Kier molecular flexibility index (Phi) is 1.89. The Hall–Kier alpha value is -2.03.